The van der Waals surface area contributed by atoms with Gasteiger partial charge in [0, 0.05) is 21.9 Å². The van der Waals surface area contributed by atoms with E-state index in [0.717, 1.165) is 10.4 Å². The third-order valence-electron chi connectivity index (χ3n) is 5.29. The molecule has 5 heteroatoms. The molecule has 2 aromatic carbocycles. The molecule has 0 saturated heterocycles. The van der Waals surface area contributed by atoms with Crippen LogP contribution < -0.4 is 0 Å². The summed E-state index contributed by atoms with van der Waals surface area (Å²) in [6.07, 6.45) is 1.96. The van der Waals surface area contributed by atoms with Crippen molar-refractivity contribution in [2.75, 3.05) is 0 Å². The Balaban J connectivity index is 1.57. The quantitative estimate of drug-likeness (QED) is 0.550. The van der Waals surface area contributed by atoms with Crippen molar-refractivity contribution in [3.05, 3.63) is 105 Å². The van der Waals surface area contributed by atoms with Crippen LogP contribution in [0.4, 0.5) is 0 Å². The first-order chi connectivity index (χ1) is 13.7. The monoisotopic (exact) mass is 384 g/mol. The first-order valence-electron chi connectivity index (χ1n) is 9.12. The van der Waals surface area contributed by atoms with E-state index >= 15 is 0 Å². The second-order valence-electron chi connectivity index (χ2n) is 6.91. The molecule has 0 saturated carbocycles. The average Bonchev–Trinajstić information content (AvgIpc) is 3.36. The number of azo groups is 1. The van der Waals surface area contributed by atoms with Gasteiger partial charge in [0.25, 0.3) is 0 Å². The van der Waals surface area contributed by atoms with Crippen LogP contribution >= 0.6 is 11.3 Å². The first kappa shape index (κ1) is 17.0. The minimum atomic E-state index is -0.892. The van der Waals surface area contributed by atoms with E-state index in [9.17, 15) is 9.59 Å². The lowest BCUT2D eigenvalue weighted by Gasteiger charge is -2.25. The van der Waals surface area contributed by atoms with Crippen LogP contribution in [0.1, 0.15) is 43.1 Å². The van der Waals surface area contributed by atoms with Gasteiger partial charge in [0.15, 0.2) is 11.6 Å². The standard InChI is InChI=1S/C23H16N2O2S/c26-22-15-9-4-5-10-16(15)23(27)20(22)18-13-17(14-7-2-1-3-8-14)21(25-24-18)19-11-6-12-28-19/h1-13,17,20-21H. The normalized spacial score (nSPS) is 21.6. The molecule has 1 aliphatic carbocycles. The summed E-state index contributed by atoms with van der Waals surface area (Å²) in [6, 6.07) is 20.9. The average molecular weight is 384 g/mol. The van der Waals surface area contributed by atoms with Crippen LogP contribution in [-0.4, -0.2) is 11.6 Å². The highest BCUT2D eigenvalue weighted by Gasteiger charge is 2.42. The molecule has 0 spiro atoms. The van der Waals surface area contributed by atoms with Gasteiger partial charge in [-0.25, -0.2) is 0 Å². The maximum absolute atomic E-state index is 12.9. The SMILES string of the molecule is O=C1c2ccccc2C(=O)C1C1=CC(c2ccccc2)C(c2cccs2)N=N1. The minimum Gasteiger partial charge on any atom is -0.293 e. The van der Waals surface area contributed by atoms with E-state index in [4.69, 9.17) is 0 Å². The number of hydrogen-bond donors (Lipinski definition) is 0. The fourth-order valence-corrected chi connectivity index (χ4v) is 4.73. The van der Waals surface area contributed by atoms with Gasteiger partial charge in [0.2, 0.25) is 0 Å². The molecule has 3 aromatic rings. The smallest absolute Gasteiger partial charge is 0.180 e. The molecule has 5 rings (SSSR count). The second-order valence-corrected chi connectivity index (χ2v) is 7.89. The van der Waals surface area contributed by atoms with Gasteiger partial charge in [-0.15, -0.1) is 11.3 Å². The molecule has 2 heterocycles. The van der Waals surface area contributed by atoms with Gasteiger partial charge in [-0.3, -0.25) is 9.59 Å². The zero-order valence-electron chi connectivity index (χ0n) is 14.9. The van der Waals surface area contributed by atoms with Gasteiger partial charge in [0.05, 0.1) is 5.70 Å². The molecular weight excluding hydrogens is 368 g/mol. The van der Waals surface area contributed by atoms with Crippen molar-refractivity contribution in [3.8, 4) is 0 Å². The summed E-state index contributed by atoms with van der Waals surface area (Å²) in [4.78, 5) is 26.9. The number of nitrogens with zero attached hydrogens (tertiary/aromatic N) is 2. The van der Waals surface area contributed by atoms with Crippen molar-refractivity contribution in [1.82, 2.24) is 0 Å². The van der Waals surface area contributed by atoms with Crippen molar-refractivity contribution in [2.45, 2.75) is 12.0 Å². The van der Waals surface area contributed by atoms with Crippen molar-refractivity contribution >= 4 is 22.9 Å². The fourth-order valence-electron chi connectivity index (χ4n) is 3.92. The minimum absolute atomic E-state index is 0.0725. The topological polar surface area (TPSA) is 58.9 Å². The number of allylic oxidation sites excluding steroid dienone is 1. The summed E-state index contributed by atoms with van der Waals surface area (Å²) >= 11 is 1.64. The number of carbonyl (C=O) groups excluding carboxylic acids is 2. The van der Waals surface area contributed by atoms with Crippen molar-refractivity contribution < 1.29 is 9.59 Å². The predicted octanol–water partition coefficient (Wildman–Crippen LogP) is 5.62. The van der Waals surface area contributed by atoms with Crippen LogP contribution in [0.3, 0.4) is 0 Å². The summed E-state index contributed by atoms with van der Waals surface area (Å²) in [5.41, 5.74) is 2.50. The van der Waals surface area contributed by atoms with E-state index in [-0.39, 0.29) is 23.5 Å². The number of hydrogen-bond acceptors (Lipinski definition) is 5. The summed E-state index contributed by atoms with van der Waals surface area (Å²) in [6.45, 7) is 0. The molecule has 0 bridgehead atoms. The molecule has 0 amide bonds. The Hall–Kier alpha value is -3.18. The number of rotatable bonds is 3. The molecule has 0 radical (unpaired) electrons. The van der Waals surface area contributed by atoms with Crippen LogP contribution in [0.2, 0.25) is 0 Å². The lowest BCUT2D eigenvalue weighted by Crippen LogP contribution is -2.20. The number of benzene rings is 2. The molecule has 2 atom stereocenters. The largest absolute Gasteiger partial charge is 0.293 e. The van der Waals surface area contributed by atoms with E-state index < -0.39 is 5.92 Å². The van der Waals surface area contributed by atoms with Gasteiger partial charge in [-0.1, -0.05) is 60.7 Å². The molecule has 136 valence electrons. The predicted molar refractivity (Wildman–Crippen MR) is 108 cm³/mol. The zero-order valence-corrected chi connectivity index (χ0v) is 15.7. The molecular formula is C23H16N2O2S. The Morgan fingerprint density at radius 1 is 0.786 bits per heavy atom. The number of Topliss-reactive ketones (excluding diaryl/α,β-unsaturated/α-hetero) is 2. The molecule has 0 fully saturated rings. The van der Waals surface area contributed by atoms with Crippen LogP contribution in [-0.2, 0) is 0 Å². The third kappa shape index (κ3) is 2.67. The molecule has 2 unspecified atom stereocenters. The van der Waals surface area contributed by atoms with E-state index in [1.807, 2.05) is 53.9 Å². The lowest BCUT2D eigenvalue weighted by atomic mass is 9.86. The van der Waals surface area contributed by atoms with Crippen molar-refractivity contribution in [1.29, 1.82) is 0 Å². The number of thiophene rings is 1. The highest BCUT2D eigenvalue weighted by atomic mass is 32.1. The molecule has 1 aliphatic heterocycles. The number of carbonyl (C=O) groups is 2. The van der Waals surface area contributed by atoms with Gasteiger partial charge in [-0.05, 0) is 23.1 Å². The Kier molecular flexibility index (Phi) is 4.10. The van der Waals surface area contributed by atoms with Crippen molar-refractivity contribution in [2.24, 2.45) is 16.1 Å². The van der Waals surface area contributed by atoms with Crippen LogP contribution in [0.5, 0.6) is 0 Å². The van der Waals surface area contributed by atoms with E-state index in [1.165, 1.54) is 0 Å². The second kappa shape index (κ2) is 6.77. The Labute approximate surface area is 166 Å². The summed E-state index contributed by atoms with van der Waals surface area (Å²) in [5.74, 6) is -1.34. The fraction of sp³-hybridized carbons (Fsp3) is 0.130. The van der Waals surface area contributed by atoms with Crippen LogP contribution in [0.25, 0.3) is 0 Å². The Bertz CT molecular complexity index is 1080. The number of ketones is 2. The molecule has 1 aromatic heterocycles. The molecule has 2 aliphatic rings. The summed E-state index contributed by atoms with van der Waals surface area (Å²) < 4.78 is 0. The summed E-state index contributed by atoms with van der Waals surface area (Å²) in [5, 5.41) is 10.9. The van der Waals surface area contributed by atoms with Crippen molar-refractivity contribution in [3.63, 3.8) is 0 Å². The Morgan fingerprint density at radius 2 is 1.46 bits per heavy atom. The summed E-state index contributed by atoms with van der Waals surface area (Å²) in [7, 11) is 0. The van der Waals surface area contributed by atoms with Gasteiger partial charge >= 0.3 is 0 Å². The van der Waals surface area contributed by atoms with E-state index in [2.05, 4.69) is 10.2 Å². The maximum Gasteiger partial charge on any atom is 0.180 e. The van der Waals surface area contributed by atoms with Gasteiger partial charge in [-0.2, -0.15) is 10.2 Å². The zero-order chi connectivity index (χ0) is 19.1. The Morgan fingerprint density at radius 3 is 2.11 bits per heavy atom. The van der Waals surface area contributed by atoms with Gasteiger partial charge in [0.1, 0.15) is 12.0 Å². The van der Waals surface area contributed by atoms with Crippen LogP contribution in [0.15, 0.2) is 94.1 Å². The molecule has 28 heavy (non-hydrogen) atoms. The molecule has 4 nitrogen and oxygen atoms in total. The van der Waals surface area contributed by atoms with E-state index in [1.54, 1.807) is 35.6 Å². The maximum atomic E-state index is 12.9. The highest BCUT2D eigenvalue weighted by Crippen LogP contribution is 2.44. The third-order valence-corrected chi connectivity index (χ3v) is 6.23. The lowest BCUT2D eigenvalue weighted by molar-refractivity contribution is 0.0861. The van der Waals surface area contributed by atoms with Crippen LogP contribution in [0, 0.1) is 5.92 Å². The first-order valence-corrected chi connectivity index (χ1v) is 10.0. The van der Waals surface area contributed by atoms with E-state index in [0.29, 0.717) is 16.8 Å². The number of fused-ring (bicyclic) bond motifs is 1. The molecule has 0 N–H and O–H groups in total. The highest BCUT2D eigenvalue weighted by molar-refractivity contribution is 7.10. The van der Waals surface area contributed by atoms with Gasteiger partial charge < -0.3 is 0 Å².